The van der Waals surface area contributed by atoms with Gasteiger partial charge in [0.05, 0.1) is 32.0 Å². The van der Waals surface area contributed by atoms with Crippen molar-refractivity contribution in [2.24, 2.45) is 0 Å². The third-order valence-electron chi connectivity index (χ3n) is 10.4. The van der Waals surface area contributed by atoms with Gasteiger partial charge in [0.25, 0.3) is 0 Å². The number of piperazine rings is 1. The largest absolute Gasteiger partial charge is 0.497 e. The van der Waals surface area contributed by atoms with Crippen LogP contribution in [0.25, 0.3) is 0 Å². The number of nitrogens with zero attached hydrogens (tertiary/aromatic N) is 2. The lowest BCUT2D eigenvalue weighted by Crippen LogP contribution is -2.49. The number of likely N-dealkylation sites (N-methyl/N-ethyl adjacent to an activating group) is 1. The monoisotopic (exact) mass is 678 g/mol. The van der Waals surface area contributed by atoms with Gasteiger partial charge in [-0.05, 0) is 93.3 Å². The molecule has 9 heteroatoms. The third kappa shape index (κ3) is 7.72. The second-order valence-corrected chi connectivity index (χ2v) is 14.3. The number of rotatable bonds is 13. The Kier molecular flexibility index (Phi) is 10.9. The van der Waals surface area contributed by atoms with Crippen molar-refractivity contribution in [3.05, 3.63) is 120 Å². The third-order valence-corrected chi connectivity index (χ3v) is 10.4. The minimum Gasteiger partial charge on any atom is -0.497 e. The van der Waals surface area contributed by atoms with E-state index >= 15 is 0 Å². The molecule has 0 amide bonds. The summed E-state index contributed by atoms with van der Waals surface area (Å²) in [6.07, 6.45) is -0.263. The van der Waals surface area contributed by atoms with E-state index in [2.05, 4.69) is 93.1 Å². The molecule has 8 nitrogen and oxygen atoms in total. The molecule has 2 aliphatic heterocycles. The summed E-state index contributed by atoms with van der Waals surface area (Å²) in [4.78, 5) is 4.84. The first-order chi connectivity index (χ1) is 24.0. The predicted octanol–water partition coefficient (Wildman–Crippen LogP) is 6.01. The molecule has 0 radical (unpaired) electrons. The SMILES string of the molecule is COc1ccc(C(OC[C@@H](CN2CCN(C)CC2)Oc2ccc(B3OC(C)(C)C(C)(C)O3)cc2)(c2ccccc2)c2ccc(OC)cc2)cc1. The summed E-state index contributed by atoms with van der Waals surface area (Å²) in [6.45, 7) is 13.3. The molecule has 2 heterocycles. The zero-order valence-corrected chi connectivity index (χ0v) is 30.6. The number of hydrogen-bond acceptors (Lipinski definition) is 8. The van der Waals surface area contributed by atoms with Crippen LogP contribution in [0.15, 0.2) is 103 Å². The highest BCUT2D eigenvalue weighted by Crippen LogP contribution is 2.42. The molecule has 0 unspecified atom stereocenters. The van der Waals surface area contributed by atoms with Gasteiger partial charge in [-0.1, -0.05) is 66.7 Å². The summed E-state index contributed by atoms with van der Waals surface area (Å²) in [5, 5.41) is 0. The van der Waals surface area contributed by atoms with Gasteiger partial charge >= 0.3 is 7.12 Å². The molecule has 0 saturated carbocycles. The lowest BCUT2D eigenvalue weighted by atomic mass is 9.79. The van der Waals surface area contributed by atoms with Crippen LogP contribution in [0.1, 0.15) is 44.4 Å². The Bertz CT molecular complexity index is 1590. The van der Waals surface area contributed by atoms with Crippen molar-refractivity contribution in [3.8, 4) is 17.2 Å². The molecule has 0 N–H and O–H groups in total. The van der Waals surface area contributed by atoms with Gasteiger partial charge in [0.2, 0.25) is 0 Å². The minimum atomic E-state index is -0.940. The van der Waals surface area contributed by atoms with E-state index in [4.69, 9.17) is 28.3 Å². The highest BCUT2D eigenvalue weighted by Gasteiger charge is 2.51. The Morgan fingerprint density at radius 2 is 1.14 bits per heavy atom. The topological polar surface area (TPSA) is 61.9 Å². The average molecular weight is 679 g/mol. The van der Waals surface area contributed by atoms with Crippen LogP contribution in [-0.2, 0) is 19.6 Å². The van der Waals surface area contributed by atoms with E-state index in [1.165, 1.54) is 0 Å². The molecule has 2 saturated heterocycles. The molecule has 0 aromatic heterocycles. The number of hydrogen-bond donors (Lipinski definition) is 0. The molecule has 50 heavy (non-hydrogen) atoms. The van der Waals surface area contributed by atoms with Crippen molar-refractivity contribution >= 4 is 12.6 Å². The molecule has 2 fully saturated rings. The van der Waals surface area contributed by atoms with Crippen molar-refractivity contribution < 1.29 is 28.3 Å². The Hall–Kier alpha value is -3.86. The summed E-state index contributed by atoms with van der Waals surface area (Å²) in [6, 6.07) is 34.8. The molecule has 4 aromatic rings. The average Bonchev–Trinajstić information content (AvgIpc) is 3.36. The van der Waals surface area contributed by atoms with Crippen LogP contribution in [0.5, 0.6) is 17.2 Å². The maximum absolute atomic E-state index is 7.30. The molecular formula is C41H51BN2O6. The molecule has 1 atom stereocenters. The van der Waals surface area contributed by atoms with E-state index in [1.54, 1.807) is 14.2 Å². The first-order valence-corrected chi connectivity index (χ1v) is 17.5. The lowest BCUT2D eigenvalue weighted by Gasteiger charge is -2.39. The lowest BCUT2D eigenvalue weighted by molar-refractivity contribution is -0.0410. The van der Waals surface area contributed by atoms with Crippen LogP contribution in [-0.4, -0.2) is 94.8 Å². The van der Waals surface area contributed by atoms with Crippen LogP contribution in [0.4, 0.5) is 0 Å². The molecule has 6 rings (SSSR count). The normalized spacial score (nSPS) is 18.5. The number of ether oxygens (including phenoxy) is 4. The van der Waals surface area contributed by atoms with Crippen LogP contribution >= 0.6 is 0 Å². The zero-order valence-electron chi connectivity index (χ0n) is 30.6. The highest BCUT2D eigenvalue weighted by molar-refractivity contribution is 6.62. The Balaban J connectivity index is 1.33. The summed E-state index contributed by atoms with van der Waals surface area (Å²) in [7, 11) is 5.11. The van der Waals surface area contributed by atoms with Crippen LogP contribution < -0.4 is 19.7 Å². The van der Waals surface area contributed by atoms with E-state index in [0.717, 1.165) is 72.1 Å². The molecule has 2 aliphatic rings. The van der Waals surface area contributed by atoms with Crippen LogP contribution in [0, 0.1) is 0 Å². The van der Waals surface area contributed by atoms with Gasteiger partial charge in [-0.3, -0.25) is 4.90 Å². The Morgan fingerprint density at radius 3 is 1.64 bits per heavy atom. The van der Waals surface area contributed by atoms with Gasteiger partial charge in [0, 0.05) is 32.7 Å². The summed E-state index contributed by atoms with van der Waals surface area (Å²) in [5.74, 6) is 2.34. The summed E-state index contributed by atoms with van der Waals surface area (Å²) in [5.41, 5.74) is 2.20. The molecule has 4 aromatic carbocycles. The van der Waals surface area contributed by atoms with Crippen molar-refractivity contribution in [3.63, 3.8) is 0 Å². The molecule has 0 bridgehead atoms. The van der Waals surface area contributed by atoms with Crippen molar-refractivity contribution in [2.45, 2.75) is 50.6 Å². The van der Waals surface area contributed by atoms with Gasteiger partial charge in [0.15, 0.2) is 0 Å². The van der Waals surface area contributed by atoms with Crippen LogP contribution in [0.3, 0.4) is 0 Å². The minimum absolute atomic E-state index is 0.263. The fourth-order valence-corrected chi connectivity index (χ4v) is 6.61. The standard InChI is InChI=1S/C41H51BN2O6/c1-39(2)40(3,4)50-42(49-39)34-17-23-37(24-18-34)48-38(29-44-27-25-43(5)26-28-44)30-47-41(31-11-9-8-10-12-31,32-13-19-35(45-6)20-14-32)33-15-21-36(46-7)22-16-33/h8-24,38H,25-30H2,1-7H3/t38-/m1/s1. The Labute approximate surface area is 298 Å². The number of benzene rings is 4. The van der Waals surface area contributed by atoms with Gasteiger partial charge in [0.1, 0.15) is 29.0 Å². The maximum atomic E-state index is 7.30. The van der Waals surface area contributed by atoms with E-state index < -0.39 is 23.9 Å². The van der Waals surface area contributed by atoms with Crippen molar-refractivity contribution in [1.82, 2.24) is 9.80 Å². The van der Waals surface area contributed by atoms with Crippen molar-refractivity contribution in [2.75, 3.05) is 60.6 Å². The van der Waals surface area contributed by atoms with Gasteiger partial charge in [-0.2, -0.15) is 0 Å². The van der Waals surface area contributed by atoms with Gasteiger partial charge in [-0.25, -0.2) is 0 Å². The quantitative estimate of drug-likeness (QED) is 0.126. The van der Waals surface area contributed by atoms with E-state index in [-0.39, 0.29) is 6.10 Å². The molecule has 0 aliphatic carbocycles. The number of methoxy groups -OCH3 is 2. The van der Waals surface area contributed by atoms with E-state index in [1.807, 2.05) is 54.6 Å². The second-order valence-electron chi connectivity index (χ2n) is 14.3. The van der Waals surface area contributed by atoms with Gasteiger partial charge in [-0.15, -0.1) is 0 Å². The second kappa shape index (κ2) is 15.2. The summed E-state index contributed by atoms with van der Waals surface area (Å²) < 4.78 is 37.8. The first kappa shape index (κ1) is 36.0. The zero-order chi connectivity index (χ0) is 35.4. The van der Waals surface area contributed by atoms with Gasteiger partial charge < -0.3 is 33.2 Å². The van der Waals surface area contributed by atoms with E-state index in [9.17, 15) is 0 Å². The van der Waals surface area contributed by atoms with Crippen molar-refractivity contribution in [1.29, 1.82) is 0 Å². The maximum Gasteiger partial charge on any atom is 0.494 e. The first-order valence-electron chi connectivity index (χ1n) is 17.5. The highest BCUT2D eigenvalue weighted by atomic mass is 16.7. The fourth-order valence-electron chi connectivity index (χ4n) is 6.61. The predicted molar refractivity (Wildman–Crippen MR) is 199 cm³/mol. The summed E-state index contributed by atoms with van der Waals surface area (Å²) >= 11 is 0. The molecular weight excluding hydrogens is 627 g/mol. The molecule has 0 spiro atoms. The molecule has 264 valence electrons. The smallest absolute Gasteiger partial charge is 0.494 e. The Morgan fingerprint density at radius 1 is 0.660 bits per heavy atom. The van der Waals surface area contributed by atoms with E-state index in [0.29, 0.717) is 6.61 Å². The van der Waals surface area contributed by atoms with Crippen LogP contribution in [0.2, 0.25) is 0 Å². The fraction of sp³-hybridized carbons (Fsp3) is 0.415.